The van der Waals surface area contributed by atoms with E-state index in [4.69, 9.17) is 9.47 Å². The van der Waals surface area contributed by atoms with Crippen LogP contribution in [0, 0.1) is 0 Å². The molecule has 0 fully saturated rings. The summed E-state index contributed by atoms with van der Waals surface area (Å²) >= 11 is 0. The van der Waals surface area contributed by atoms with E-state index >= 15 is 0 Å². The van der Waals surface area contributed by atoms with Crippen LogP contribution in [0.4, 0.5) is 0 Å². The smallest absolute Gasteiger partial charge is 0.150 e. The molecule has 0 aliphatic heterocycles. The maximum Gasteiger partial charge on any atom is 0.150 e. The quantitative estimate of drug-likeness (QED) is 0.590. The van der Waals surface area contributed by atoms with Gasteiger partial charge in [-0.05, 0) is 18.2 Å². The minimum Gasteiger partial charge on any atom is -0.507 e. The fraction of sp³-hybridized carbons (Fsp3) is 0.118. The van der Waals surface area contributed by atoms with Crippen LogP contribution in [0.2, 0.25) is 0 Å². The van der Waals surface area contributed by atoms with Gasteiger partial charge >= 0.3 is 0 Å². The van der Waals surface area contributed by atoms with Crippen LogP contribution in [0.25, 0.3) is 21.5 Å². The highest BCUT2D eigenvalue weighted by atomic mass is 16.5. The Morgan fingerprint density at radius 2 is 1.71 bits per heavy atom. The van der Waals surface area contributed by atoms with Crippen molar-refractivity contribution >= 4 is 27.8 Å². The third-order valence-corrected chi connectivity index (χ3v) is 3.59. The predicted octanol–water partition coefficient (Wildman–Crippen LogP) is 3.53. The maximum atomic E-state index is 11.0. The molecule has 0 atom stereocenters. The molecule has 0 aromatic heterocycles. The summed E-state index contributed by atoms with van der Waals surface area (Å²) in [5.74, 6) is 1.31. The Morgan fingerprint density at radius 3 is 2.38 bits per heavy atom. The molecule has 21 heavy (non-hydrogen) atoms. The van der Waals surface area contributed by atoms with Crippen LogP contribution in [0.3, 0.4) is 0 Å². The van der Waals surface area contributed by atoms with E-state index in [1.807, 2.05) is 6.07 Å². The Kier molecular flexibility index (Phi) is 3.14. The molecule has 4 nitrogen and oxygen atoms in total. The second-order valence-electron chi connectivity index (χ2n) is 4.69. The molecule has 0 amide bonds. The molecule has 106 valence electrons. The molecule has 0 bridgehead atoms. The van der Waals surface area contributed by atoms with E-state index in [-0.39, 0.29) is 5.75 Å². The summed E-state index contributed by atoms with van der Waals surface area (Å²) in [4.78, 5) is 11.0. The molecular formula is C17H14O4. The molecule has 0 spiro atoms. The number of fused-ring (bicyclic) bond motifs is 2. The largest absolute Gasteiger partial charge is 0.507 e. The number of hydrogen-bond acceptors (Lipinski definition) is 4. The van der Waals surface area contributed by atoms with Crippen LogP contribution in [0.1, 0.15) is 10.4 Å². The minimum absolute atomic E-state index is 0.129. The molecule has 0 unspecified atom stereocenters. The first kappa shape index (κ1) is 13.2. The van der Waals surface area contributed by atoms with Crippen molar-refractivity contribution in [3.05, 3.63) is 42.0 Å². The van der Waals surface area contributed by atoms with Gasteiger partial charge in [-0.1, -0.05) is 18.2 Å². The molecule has 3 aromatic rings. The summed E-state index contributed by atoms with van der Waals surface area (Å²) in [5, 5.41) is 13.1. The van der Waals surface area contributed by atoms with Crippen LogP contribution in [-0.2, 0) is 0 Å². The summed E-state index contributed by atoms with van der Waals surface area (Å²) in [6.07, 6.45) is 0.790. The third-order valence-electron chi connectivity index (χ3n) is 3.59. The normalized spacial score (nSPS) is 10.8. The van der Waals surface area contributed by atoms with Gasteiger partial charge in [-0.25, -0.2) is 0 Å². The number of carbonyl (C=O) groups is 1. The zero-order chi connectivity index (χ0) is 15.0. The Balaban J connectivity index is 2.61. The number of ether oxygens (including phenoxy) is 2. The highest BCUT2D eigenvalue weighted by molar-refractivity contribution is 6.13. The van der Waals surface area contributed by atoms with Gasteiger partial charge in [0.05, 0.1) is 19.6 Å². The van der Waals surface area contributed by atoms with Crippen molar-refractivity contribution in [2.24, 2.45) is 0 Å². The fourth-order valence-electron chi connectivity index (χ4n) is 2.70. The van der Waals surface area contributed by atoms with Crippen molar-refractivity contribution in [2.45, 2.75) is 0 Å². The second kappa shape index (κ2) is 4.98. The predicted molar refractivity (Wildman–Crippen MR) is 81.6 cm³/mol. The van der Waals surface area contributed by atoms with Gasteiger partial charge < -0.3 is 14.6 Å². The van der Waals surface area contributed by atoms with Crippen molar-refractivity contribution in [3.63, 3.8) is 0 Å². The van der Waals surface area contributed by atoms with Gasteiger partial charge in [-0.15, -0.1) is 0 Å². The molecule has 4 heteroatoms. The lowest BCUT2D eigenvalue weighted by molar-refractivity contribution is 0.112. The first-order valence-corrected chi connectivity index (χ1v) is 6.45. The number of aldehydes is 1. The zero-order valence-electron chi connectivity index (χ0n) is 11.7. The molecule has 0 radical (unpaired) electrons. The van der Waals surface area contributed by atoms with E-state index in [9.17, 15) is 9.90 Å². The number of aromatic hydroxyl groups is 1. The molecule has 0 saturated heterocycles. The molecule has 1 N–H and O–H groups in total. The average Bonchev–Trinajstić information content (AvgIpc) is 2.52. The minimum atomic E-state index is 0.129. The Hall–Kier alpha value is -2.75. The molecule has 3 aromatic carbocycles. The van der Waals surface area contributed by atoms with Gasteiger partial charge in [0, 0.05) is 21.7 Å². The van der Waals surface area contributed by atoms with Gasteiger partial charge in [-0.2, -0.15) is 0 Å². The fourth-order valence-corrected chi connectivity index (χ4v) is 2.70. The second-order valence-corrected chi connectivity index (χ2v) is 4.69. The molecule has 0 aliphatic rings. The Bertz CT molecular complexity index is 852. The van der Waals surface area contributed by atoms with Crippen molar-refractivity contribution in [1.29, 1.82) is 0 Å². The van der Waals surface area contributed by atoms with Crippen molar-refractivity contribution < 1.29 is 19.4 Å². The maximum absolute atomic E-state index is 11.0. The molecular weight excluding hydrogens is 268 g/mol. The van der Waals surface area contributed by atoms with E-state index in [2.05, 4.69) is 0 Å². The lowest BCUT2D eigenvalue weighted by Gasteiger charge is -2.16. The van der Waals surface area contributed by atoms with Crippen molar-refractivity contribution in [3.8, 4) is 17.2 Å². The molecule has 3 rings (SSSR count). The molecule has 0 heterocycles. The number of rotatable bonds is 3. The summed E-state index contributed by atoms with van der Waals surface area (Å²) in [6, 6.07) is 10.5. The summed E-state index contributed by atoms with van der Waals surface area (Å²) < 4.78 is 11.0. The highest BCUT2D eigenvalue weighted by Gasteiger charge is 2.17. The average molecular weight is 282 g/mol. The Labute approximate surface area is 121 Å². The van der Waals surface area contributed by atoms with Gasteiger partial charge in [0.15, 0.2) is 0 Å². The van der Waals surface area contributed by atoms with E-state index in [0.717, 1.165) is 22.4 Å². The lowest BCUT2D eigenvalue weighted by atomic mass is 9.98. The van der Waals surface area contributed by atoms with E-state index in [1.165, 1.54) is 0 Å². The van der Waals surface area contributed by atoms with Crippen LogP contribution < -0.4 is 9.47 Å². The first-order valence-electron chi connectivity index (χ1n) is 6.45. The van der Waals surface area contributed by atoms with Gasteiger partial charge in [0.1, 0.15) is 23.5 Å². The SMILES string of the molecule is COc1c2cc(C=O)ccc2c(OC)c2c(O)cccc12. The number of phenols is 1. The van der Waals surface area contributed by atoms with E-state index < -0.39 is 0 Å². The number of methoxy groups -OCH3 is 2. The van der Waals surface area contributed by atoms with Crippen molar-refractivity contribution in [2.75, 3.05) is 14.2 Å². The van der Waals surface area contributed by atoms with E-state index in [1.54, 1.807) is 44.6 Å². The zero-order valence-corrected chi connectivity index (χ0v) is 11.7. The molecule has 0 saturated carbocycles. The lowest BCUT2D eigenvalue weighted by Crippen LogP contribution is -1.94. The van der Waals surface area contributed by atoms with Gasteiger partial charge in [0.25, 0.3) is 0 Å². The third kappa shape index (κ3) is 1.88. The first-order chi connectivity index (χ1) is 10.2. The Morgan fingerprint density at radius 1 is 0.952 bits per heavy atom. The topological polar surface area (TPSA) is 55.8 Å². The molecule has 0 aliphatic carbocycles. The van der Waals surface area contributed by atoms with Crippen LogP contribution >= 0.6 is 0 Å². The highest BCUT2D eigenvalue weighted by Crippen LogP contribution is 2.45. The van der Waals surface area contributed by atoms with Crippen molar-refractivity contribution in [1.82, 2.24) is 0 Å². The van der Waals surface area contributed by atoms with Gasteiger partial charge in [-0.3, -0.25) is 4.79 Å². The summed E-state index contributed by atoms with van der Waals surface area (Å²) in [5.41, 5.74) is 0.558. The number of carbonyl (C=O) groups excluding carboxylic acids is 1. The van der Waals surface area contributed by atoms with Crippen LogP contribution in [-0.4, -0.2) is 25.6 Å². The van der Waals surface area contributed by atoms with Gasteiger partial charge in [0.2, 0.25) is 0 Å². The number of hydrogen-bond donors (Lipinski definition) is 1. The van der Waals surface area contributed by atoms with E-state index in [0.29, 0.717) is 22.4 Å². The standard InChI is InChI=1S/C17H14O4/c1-20-16-12-4-3-5-14(19)15(12)17(21-2)11-7-6-10(9-18)8-13(11)16/h3-9,19H,1-2H3. The number of benzene rings is 3. The summed E-state index contributed by atoms with van der Waals surface area (Å²) in [6.45, 7) is 0. The monoisotopic (exact) mass is 282 g/mol. The van der Waals surface area contributed by atoms with Crippen LogP contribution in [0.5, 0.6) is 17.2 Å². The van der Waals surface area contributed by atoms with Crippen LogP contribution in [0.15, 0.2) is 36.4 Å². The number of phenolic OH excluding ortho intramolecular Hbond substituents is 1. The summed E-state index contributed by atoms with van der Waals surface area (Å²) in [7, 11) is 3.12.